The van der Waals surface area contributed by atoms with Crippen LogP contribution in [-0.4, -0.2) is 60.4 Å². The van der Waals surface area contributed by atoms with Crippen LogP contribution in [0.3, 0.4) is 0 Å². The van der Waals surface area contributed by atoms with Gasteiger partial charge in [-0.3, -0.25) is 10.2 Å². The van der Waals surface area contributed by atoms with Crippen LogP contribution in [0.5, 0.6) is 0 Å². The Morgan fingerprint density at radius 1 is 1.12 bits per heavy atom. The number of esters is 2. The molecule has 0 saturated heterocycles. The van der Waals surface area contributed by atoms with Gasteiger partial charge in [0.2, 0.25) is 0 Å². The number of ether oxygens (including phenoxy) is 3. The summed E-state index contributed by atoms with van der Waals surface area (Å²) in [6.07, 6.45) is -0.0842. The normalized spacial score (nSPS) is 10.5. The second-order valence-electron chi connectivity index (χ2n) is 5.40. The third kappa shape index (κ3) is 7.68. The highest BCUT2D eigenvalue weighted by molar-refractivity contribution is 6.76. The Kier molecular flexibility index (Phi) is 8.61. The highest BCUT2D eigenvalue weighted by atomic mass is 16.6. The zero-order chi connectivity index (χ0) is 18.9. The summed E-state index contributed by atoms with van der Waals surface area (Å²) in [5, 5.41) is 8.03. The Balaban J connectivity index is 4.25. The van der Waals surface area contributed by atoms with Crippen LogP contribution < -0.4 is 5.84 Å². The third-order valence-corrected chi connectivity index (χ3v) is 2.70. The lowest BCUT2D eigenvalue weighted by atomic mass is 10.0. The highest BCUT2D eigenvalue weighted by Crippen LogP contribution is 2.17. The average Bonchev–Trinajstić information content (AvgIpc) is 2.49. The van der Waals surface area contributed by atoms with Crippen LogP contribution in [0.1, 0.15) is 33.6 Å². The number of carbonyl (C=O) groups excluding carboxylic acids is 4. The van der Waals surface area contributed by atoms with Crippen molar-refractivity contribution in [2.24, 2.45) is 5.84 Å². The number of rotatable bonds is 9. The summed E-state index contributed by atoms with van der Waals surface area (Å²) in [6.45, 7) is 4.65. The molecule has 1 amide bonds. The molecule has 136 valence electrons. The lowest BCUT2D eigenvalue weighted by Crippen LogP contribution is -2.39. The first-order valence-corrected chi connectivity index (χ1v) is 7.20. The molecule has 0 rings (SSSR count). The molecule has 0 aliphatic carbocycles. The Morgan fingerprint density at radius 2 is 1.71 bits per heavy atom. The van der Waals surface area contributed by atoms with Gasteiger partial charge in [-0.25, -0.2) is 25.2 Å². The summed E-state index contributed by atoms with van der Waals surface area (Å²) in [7, 11) is 1.34. The predicted octanol–water partition coefficient (Wildman–Crippen LogP) is 0.182. The maximum Gasteiger partial charge on any atom is 0.424 e. The van der Waals surface area contributed by atoms with Crippen LogP contribution in [-0.2, 0) is 28.6 Å². The number of hydrogen-bond acceptors (Lipinski definition) is 9. The maximum absolute atomic E-state index is 11.5. The number of hydrazine groups is 1. The van der Waals surface area contributed by atoms with E-state index in [0.717, 1.165) is 5.01 Å². The van der Waals surface area contributed by atoms with Gasteiger partial charge < -0.3 is 14.2 Å². The average molecular weight is 345 g/mol. The Bertz CT molecular complexity index is 514. The molecule has 0 aliphatic heterocycles. The number of hydrogen-bond donors (Lipinski definition) is 2. The van der Waals surface area contributed by atoms with Crippen molar-refractivity contribution in [2.75, 3.05) is 20.3 Å². The molecular weight excluding hydrogens is 322 g/mol. The topological polar surface area (TPSA) is 149 Å². The van der Waals surface area contributed by atoms with Crippen molar-refractivity contribution in [2.45, 2.75) is 39.2 Å². The highest BCUT2D eigenvalue weighted by Gasteiger charge is 2.28. The molecule has 0 aromatic heterocycles. The van der Waals surface area contributed by atoms with Gasteiger partial charge in [0.05, 0.1) is 13.2 Å². The molecule has 0 bridgehead atoms. The number of nitrogens with one attached hydrogen (secondary N) is 1. The fraction of sp³-hybridized carbons (Fsp3) is 0.643. The van der Waals surface area contributed by atoms with Crippen molar-refractivity contribution in [3.05, 3.63) is 0 Å². The molecule has 10 heteroatoms. The minimum absolute atomic E-state index is 0.0185. The molecule has 0 unspecified atom stereocenters. The summed E-state index contributed by atoms with van der Waals surface area (Å²) in [5.41, 5.74) is -1.93. The van der Waals surface area contributed by atoms with E-state index in [0.29, 0.717) is 12.8 Å². The molecule has 0 radical (unpaired) electrons. The molecule has 0 aromatic carbocycles. The van der Waals surface area contributed by atoms with E-state index in [-0.39, 0.29) is 13.2 Å². The lowest BCUT2D eigenvalue weighted by Gasteiger charge is -2.26. The van der Waals surface area contributed by atoms with E-state index in [4.69, 9.17) is 16.0 Å². The van der Waals surface area contributed by atoms with Crippen LogP contribution in [0.4, 0.5) is 4.79 Å². The van der Waals surface area contributed by atoms with Gasteiger partial charge in [-0.2, -0.15) is 0 Å². The minimum atomic E-state index is -1.37. The Hall–Kier alpha value is -2.49. The van der Waals surface area contributed by atoms with Gasteiger partial charge >= 0.3 is 18.0 Å². The fourth-order valence-corrected chi connectivity index (χ4v) is 1.49. The smallest absolute Gasteiger partial charge is 0.424 e. The molecule has 0 aromatic rings. The number of nitrogens with zero attached hydrogens (tertiary/aromatic N) is 1. The largest absolute Gasteiger partial charge is 0.461 e. The van der Waals surface area contributed by atoms with E-state index in [1.54, 1.807) is 13.8 Å². The van der Waals surface area contributed by atoms with Gasteiger partial charge in [0, 0.05) is 7.05 Å². The molecule has 24 heavy (non-hydrogen) atoms. The van der Waals surface area contributed by atoms with E-state index in [1.165, 1.54) is 14.0 Å². The zero-order valence-electron chi connectivity index (χ0n) is 14.2. The zero-order valence-corrected chi connectivity index (χ0v) is 14.2. The van der Waals surface area contributed by atoms with Crippen LogP contribution in [0.2, 0.25) is 0 Å². The first-order valence-electron chi connectivity index (χ1n) is 7.20. The van der Waals surface area contributed by atoms with Crippen LogP contribution >= 0.6 is 0 Å². The first-order chi connectivity index (χ1) is 11.0. The molecule has 3 N–H and O–H groups in total. The first kappa shape index (κ1) is 21.5. The van der Waals surface area contributed by atoms with Gasteiger partial charge in [-0.05, 0) is 33.6 Å². The molecule has 0 saturated carbocycles. The van der Waals surface area contributed by atoms with Crippen molar-refractivity contribution < 1.29 is 33.4 Å². The standard InChI is InChI=1S/C14H23N3O7/c1-5-22-11(19)9(15)10(18)12(20)23-8-6-7-14(2,3)24-13(21)17(4)16/h15H,5-8,16H2,1-4H3. The summed E-state index contributed by atoms with van der Waals surface area (Å²) >= 11 is 0. The fourth-order valence-electron chi connectivity index (χ4n) is 1.49. The summed E-state index contributed by atoms with van der Waals surface area (Å²) < 4.78 is 14.2. The molecule has 10 nitrogen and oxygen atoms in total. The molecule has 0 aliphatic rings. The van der Waals surface area contributed by atoms with Crippen LogP contribution in [0.25, 0.3) is 0 Å². The van der Waals surface area contributed by atoms with Crippen molar-refractivity contribution >= 4 is 29.5 Å². The van der Waals surface area contributed by atoms with E-state index >= 15 is 0 Å². The number of Topliss-reactive ketones (excluding diaryl/α,β-unsaturated/α-hetero) is 1. The van der Waals surface area contributed by atoms with E-state index in [1.807, 2.05) is 0 Å². The SMILES string of the molecule is CCOC(=O)C(=N)C(=O)C(=O)OCCCC(C)(C)OC(=O)N(C)N. The second kappa shape index (κ2) is 9.60. The Labute approximate surface area is 139 Å². The molecule has 0 spiro atoms. The van der Waals surface area contributed by atoms with Gasteiger partial charge in [-0.15, -0.1) is 0 Å². The van der Waals surface area contributed by atoms with Crippen LogP contribution in [0.15, 0.2) is 0 Å². The van der Waals surface area contributed by atoms with Crippen molar-refractivity contribution in [1.29, 1.82) is 5.41 Å². The number of nitrogens with two attached hydrogens (primary N) is 1. The summed E-state index contributed by atoms with van der Waals surface area (Å²) in [6, 6.07) is 0. The quantitative estimate of drug-likeness (QED) is 0.0691. The molecule has 0 heterocycles. The minimum Gasteiger partial charge on any atom is -0.461 e. The van der Waals surface area contributed by atoms with Crippen molar-refractivity contribution in [1.82, 2.24) is 5.01 Å². The lowest BCUT2D eigenvalue weighted by molar-refractivity contribution is -0.152. The second-order valence-corrected chi connectivity index (χ2v) is 5.40. The molecule has 0 fully saturated rings. The Morgan fingerprint density at radius 3 is 2.21 bits per heavy atom. The van der Waals surface area contributed by atoms with Gasteiger partial charge in [0.1, 0.15) is 5.60 Å². The third-order valence-electron chi connectivity index (χ3n) is 2.70. The number of carbonyl (C=O) groups is 4. The monoisotopic (exact) mass is 345 g/mol. The number of amides is 1. The van der Waals surface area contributed by atoms with Crippen molar-refractivity contribution in [3.8, 4) is 0 Å². The van der Waals surface area contributed by atoms with Gasteiger partial charge in [0.15, 0.2) is 5.71 Å². The van der Waals surface area contributed by atoms with E-state index in [9.17, 15) is 19.2 Å². The predicted molar refractivity (Wildman–Crippen MR) is 82.1 cm³/mol. The summed E-state index contributed by atoms with van der Waals surface area (Å²) in [4.78, 5) is 45.5. The van der Waals surface area contributed by atoms with Crippen LogP contribution in [0, 0.1) is 5.41 Å². The molecular formula is C14H23N3O7. The van der Waals surface area contributed by atoms with E-state index in [2.05, 4.69) is 9.47 Å². The maximum atomic E-state index is 11.5. The summed E-state index contributed by atoms with van der Waals surface area (Å²) in [5.74, 6) is 1.37. The van der Waals surface area contributed by atoms with Gasteiger partial charge in [0.25, 0.3) is 5.78 Å². The van der Waals surface area contributed by atoms with Gasteiger partial charge in [-0.1, -0.05) is 0 Å². The molecule has 0 atom stereocenters. The number of ketones is 1. The van der Waals surface area contributed by atoms with Crippen molar-refractivity contribution in [3.63, 3.8) is 0 Å². The van der Waals surface area contributed by atoms with E-state index < -0.39 is 35.1 Å².